The molecule has 0 aliphatic carbocycles. The summed E-state index contributed by atoms with van der Waals surface area (Å²) < 4.78 is 0. The third-order valence-corrected chi connectivity index (χ3v) is 7.03. The predicted octanol–water partition coefficient (Wildman–Crippen LogP) is 5.63. The van der Waals surface area contributed by atoms with Gasteiger partial charge in [-0.25, -0.2) is 10.2 Å². The molecule has 9 heteroatoms. The second-order valence-electron chi connectivity index (χ2n) is 10.5. The summed E-state index contributed by atoms with van der Waals surface area (Å²) in [7, 11) is 0. The summed E-state index contributed by atoms with van der Waals surface area (Å²) in [6.07, 6.45) is 24.9. The molecule has 1 rings (SSSR count). The Labute approximate surface area is 274 Å². The van der Waals surface area contributed by atoms with E-state index in [1.807, 2.05) is 83.2 Å². The Balaban J connectivity index is 3.33. The average molecular weight is 628 g/mol. The smallest absolute Gasteiger partial charge is 0.332 e. The number of nitrogens with zero attached hydrogens (tertiary/aromatic N) is 2. The Bertz CT molecular complexity index is 1410. The topological polar surface area (TPSA) is 138 Å². The van der Waals surface area contributed by atoms with Crippen LogP contribution in [0.4, 0.5) is 0 Å². The van der Waals surface area contributed by atoms with Crippen molar-refractivity contribution >= 4 is 11.9 Å². The van der Waals surface area contributed by atoms with Gasteiger partial charge in [0.1, 0.15) is 5.70 Å². The lowest BCUT2D eigenvalue weighted by atomic mass is 10.0. The first-order valence-corrected chi connectivity index (χ1v) is 15.5. The summed E-state index contributed by atoms with van der Waals surface area (Å²) in [6, 6.07) is 1.47. The zero-order valence-corrected chi connectivity index (χ0v) is 27.8. The molecule has 1 aliphatic heterocycles. The number of aliphatic hydroxyl groups is 1. The quantitative estimate of drug-likeness (QED) is 0.0408. The number of rotatable bonds is 19. The Morgan fingerprint density at radius 1 is 1.26 bits per heavy atom. The number of amides is 1. The summed E-state index contributed by atoms with van der Waals surface area (Å²) in [6.45, 7) is 14.3. The number of allylic oxidation sites excluding steroid dienone is 9. The van der Waals surface area contributed by atoms with Crippen LogP contribution in [0.25, 0.3) is 0 Å². The minimum absolute atomic E-state index is 0.148. The third-order valence-electron chi connectivity index (χ3n) is 7.03. The van der Waals surface area contributed by atoms with Crippen molar-refractivity contribution in [2.75, 3.05) is 13.1 Å². The second-order valence-corrected chi connectivity index (χ2v) is 10.5. The van der Waals surface area contributed by atoms with E-state index in [-0.39, 0.29) is 17.9 Å². The highest BCUT2D eigenvalue weighted by Crippen LogP contribution is 2.21. The van der Waals surface area contributed by atoms with E-state index in [9.17, 15) is 25.1 Å². The van der Waals surface area contributed by atoms with E-state index >= 15 is 0 Å². The van der Waals surface area contributed by atoms with Crippen molar-refractivity contribution in [1.29, 1.82) is 5.26 Å². The number of aliphatic carboxylic acids is 1. The Hall–Kier alpha value is -4.83. The summed E-state index contributed by atoms with van der Waals surface area (Å²) in [5.74, 6) is 0.831. The highest BCUT2D eigenvalue weighted by atomic mass is 16.4. The van der Waals surface area contributed by atoms with Gasteiger partial charge >= 0.3 is 5.97 Å². The monoisotopic (exact) mass is 627 g/mol. The fraction of sp³-hybridized carbons (Fsp3) is 0.378. The van der Waals surface area contributed by atoms with Gasteiger partial charge in [0, 0.05) is 35.6 Å². The van der Waals surface area contributed by atoms with E-state index in [1.165, 1.54) is 6.08 Å². The number of carbonyl (C=O) groups excluding carboxylic acids is 1. The molecule has 0 radical (unpaired) electrons. The van der Waals surface area contributed by atoms with Crippen molar-refractivity contribution in [2.24, 2.45) is 0 Å². The van der Waals surface area contributed by atoms with Gasteiger partial charge in [0.25, 0.3) is 5.91 Å². The van der Waals surface area contributed by atoms with Crippen molar-refractivity contribution in [2.45, 2.75) is 78.9 Å². The molecule has 2 unspecified atom stereocenters. The summed E-state index contributed by atoms with van der Waals surface area (Å²) in [5.41, 5.74) is 7.44. The maximum absolute atomic E-state index is 13.9. The maximum Gasteiger partial charge on any atom is 0.332 e. The lowest BCUT2D eigenvalue weighted by molar-refractivity contribution is -0.132. The van der Waals surface area contributed by atoms with Crippen LogP contribution >= 0.6 is 0 Å². The summed E-state index contributed by atoms with van der Waals surface area (Å²) in [4.78, 5) is 25.2. The molecular formula is C37H49N5O4. The highest BCUT2D eigenvalue weighted by Gasteiger charge is 2.26. The predicted molar refractivity (Wildman–Crippen MR) is 185 cm³/mol. The van der Waals surface area contributed by atoms with Crippen molar-refractivity contribution < 1.29 is 19.8 Å². The maximum atomic E-state index is 13.9. The first-order chi connectivity index (χ1) is 22.1. The van der Waals surface area contributed by atoms with Crippen LogP contribution in [-0.2, 0) is 9.59 Å². The van der Waals surface area contributed by atoms with Crippen LogP contribution in [0.15, 0.2) is 107 Å². The number of terminal acetylenes is 1. The molecule has 0 saturated carbocycles. The molecule has 246 valence electrons. The molecular weight excluding hydrogens is 578 g/mol. The molecule has 2 atom stereocenters. The largest absolute Gasteiger partial charge is 0.478 e. The Morgan fingerprint density at radius 3 is 2.54 bits per heavy atom. The number of carboxylic acids is 1. The molecule has 0 aromatic heterocycles. The standard InChI is InChI=1S/C37H49N5O4/c1-8-16-29(23-27(6)25-38)26-39-32(18-10-3)30(11-4)24-34(42-28(7)21-22-40-42)36(44)41-33(35(43)12-5)20-15-13-14-19-31(17-9-2)37(45)46/h2,8,11,13,15-18,21,23-24,33,35,39-40,43H,6,10,12,14,19-20,22,26H2,1,3-5,7H3,(H,41,44)(H,45,46)/b15-13-,16-8-,29-23+,30-11-,31-17+,32-18-,34-24-. The molecule has 1 amide bonds. The number of hydrogen-bond donors (Lipinski definition) is 5. The lowest BCUT2D eigenvalue weighted by Crippen LogP contribution is -2.47. The molecule has 46 heavy (non-hydrogen) atoms. The fourth-order valence-electron chi connectivity index (χ4n) is 4.57. The highest BCUT2D eigenvalue weighted by molar-refractivity contribution is 5.94. The van der Waals surface area contributed by atoms with E-state index in [0.717, 1.165) is 29.0 Å². The Morgan fingerprint density at radius 2 is 2.00 bits per heavy atom. The molecule has 9 nitrogen and oxygen atoms in total. The van der Waals surface area contributed by atoms with Gasteiger partial charge in [-0.15, -0.1) is 6.42 Å². The Kier molecular flexibility index (Phi) is 18.6. The summed E-state index contributed by atoms with van der Waals surface area (Å²) in [5, 5.41) is 37.5. The van der Waals surface area contributed by atoms with Gasteiger partial charge in [0.2, 0.25) is 0 Å². The van der Waals surface area contributed by atoms with E-state index in [0.29, 0.717) is 43.6 Å². The molecule has 0 aromatic rings. The minimum Gasteiger partial charge on any atom is -0.478 e. The molecule has 0 saturated heterocycles. The lowest BCUT2D eigenvalue weighted by Gasteiger charge is -2.28. The number of nitrogens with one attached hydrogen (secondary N) is 3. The average Bonchev–Trinajstić information content (AvgIpc) is 3.46. The van der Waals surface area contributed by atoms with Crippen LogP contribution in [0.2, 0.25) is 0 Å². The molecule has 0 spiro atoms. The number of hydrogen-bond acceptors (Lipinski definition) is 7. The van der Waals surface area contributed by atoms with Crippen LogP contribution in [0, 0.1) is 23.7 Å². The van der Waals surface area contributed by atoms with E-state index in [2.05, 4.69) is 34.6 Å². The van der Waals surface area contributed by atoms with Crippen LogP contribution in [0.3, 0.4) is 0 Å². The molecule has 0 aromatic carbocycles. The zero-order chi connectivity index (χ0) is 34.5. The zero-order valence-electron chi connectivity index (χ0n) is 27.8. The first kappa shape index (κ1) is 39.2. The van der Waals surface area contributed by atoms with Gasteiger partial charge in [-0.3, -0.25) is 9.80 Å². The van der Waals surface area contributed by atoms with Crippen LogP contribution in [0.5, 0.6) is 0 Å². The van der Waals surface area contributed by atoms with Gasteiger partial charge in [-0.2, -0.15) is 5.26 Å². The van der Waals surface area contributed by atoms with Gasteiger partial charge in [-0.1, -0.05) is 62.8 Å². The molecule has 0 bridgehead atoms. The summed E-state index contributed by atoms with van der Waals surface area (Å²) >= 11 is 0. The van der Waals surface area contributed by atoms with Crippen LogP contribution in [-0.4, -0.2) is 52.3 Å². The fourth-order valence-corrected chi connectivity index (χ4v) is 4.57. The molecule has 5 N–H and O–H groups in total. The van der Waals surface area contributed by atoms with Crippen molar-refractivity contribution in [3.05, 3.63) is 107 Å². The van der Waals surface area contributed by atoms with Gasteiger partial charge < -0.3 is 20.8 Å². The number of carbonyl (C=O) groups is 2. The van der Waals surface area contributed by atoms with Crippen LogP contribution in [0.1, 0.15) is 66.7 Å². The SMILES string of the molecule is C#C/C=C(\CC/C=C\CC(NC(=O)/C(=C/C(=C/C)C(=C/CC)/NCC(/C=C\C)=C/C(=C)C#N)N1NCC=C1C)C(O)CC)C(=O)O. The van der Waals surface area contributed by atoms with E-state index < -0.39 is 18.1 Å². The second kappa shape index (κ2) is 21.8. The molecule has 1 aliphatic rings. The van der Waals surface area contributed by atoms with Crippen LogP contribution < -0.4 is 16.1 Å². The van der Waals surface area contributed by atoms with Gasteiger partial charge in [0.05, 0.1) is 18.2 Å². The van der Waals surface area contributed by atoms with E-state index in [4.69, 9.17) is 6.42 Å². The number of aliphatic hydroxyl groups excluding tert-OH is 1. The minimum atomic E-state index is -1.05. The number of carboxylic acid groups (broad SMARTS) is 1. The molecule has 1 heterocycles. The van der Waals surface area contributed by atoms with E-state index in [1.54, 1.807) is 11.1 Å². The third kappa shape index (κ3) is 13.4. The van der Waals surface area contributed by atoms with Crippen molar-refractivity contribution in [3.8, 4) is 18.4 Å². The van der Waals surface area contributed by atoms with Gasteiger partial charge in [0.15, 0.2) is 0 Å². The van der Waals surface area contributed by atoms with Crippen molar-refractivity contribution in [1.82, 2.24) is 21.1 Å². The van der Waals surface area contributed by atoms with Gasteiger partial charge in [-0.05, 0) is 88.3 Å². The normalized spacial score (nSPS) is 16.2. The first-order valence-electron chi connectivity index (χ1n) is 15.5. The molecule has 0 fully saturated rings. The number of nitriles is 1. The number of hydrazine groups is 1. The van der Waals surface area contributed by atoms with Crippen molar-refractivity contribution in [3.63, 3.8) is 0 Å².